The van der Waals surface area contributed by atoms with Gasteiger partial charge in [0.25, 0.3) is 0 Å². The molecule has 1 aromatic rings. The first kappa shape index (κ1) is 11.8. The molecule has 88 valence electrons. The summed E-state index contributed by atoms with van der Waals surface area (Å²) in [6.45, 7) is 2.42. The van der Waals surface area contributed by atoms with Crippen molar-refractivity contribution in [2.75, 3.05) is 18.0 Å². The van der Waals surface area contributed by atoms with Gasteiger partial charge in [-0.1, -0.05) is 31.4 Å². The standard InChI is InChI=1S/C14H20ClN/c15-12-13-6-8-14(9-7-13)16-10-4-2-1-3-5-11-16/h6-9H,1-5,10-12H2. The van der Waals surface area contributed by atoms with E-state index in [1.165, 1.54) is 56.4 Å². The predicted octanol–water partition coefficient (Wildman–Crippen LogP) is 4.20. The number of hydrogen-bond acceptors (Lipinski definition) is 1. The van der Waals surface area contributed by atoms with E-state index < -0.39 is 0 Å². The molecule has 2 rings (SSSR count). The Hall–Kier alpha value is -0.690. The predicted molar refractivity (Wildman–Crippen MR) is 71.3 cm³/mol. The Kier molecular flexibility index (Phi) is 4.53. The van der Waals surface area contributed by atoms with Crippen LogP contribution in [0, 0.1) is 0 Å². The monoisotopic (exact) mass is 237 g/mol. The summed E-state index contributed by atoms with van der Waals surface area (Å²) in [5, 5.41) is 0. The van der Waals surface area contributed by atoms with Gasteiger partial charge in [-0.2, -0.15) is 0 Å². The maximum Gasteiger partial charge on any atom is 0.0474 e. The highest BCUT2D eigenvalue weighted by atomic mass is 35.5. The molecule has 1 aromatic carbocycles. The molecule has 0 saturated carbocycles. The van der Waals surface area contributed by atoms with E-state index in [0.29, 0.717) is 5.88 Å². The molecule has 0 N–H and O–H groups in total. The van der Waals surface area contributed by atoms with Gasteiger partial charge in [0.05, 0.1) is 0 Å². The lowest BCUT2D eigenvalue weighted by molar-refractivity contribution is 0.556. The molecular formula is C14H20ClN. The van der Waals surface area contributed by atoms with E-state index in [4.69, 9.17) is 11.6 Å². The maximum atomic E-state index is 5.80. The molecule has 1 nitrogen and oxygen atoms in total. The number of alkyl halides is 1. The molecule has 0 unspecified atom stereocenters. The zero-order valence-corrected chi connectivity index (χ0v) is 10.5. The Morgan fingerprint density at radius 3 is 2.00 bits per heavy atom. The molecule has 0 bridgehead atoms. The van der Waals surface area contributed by atoms with Gasteiger partial charge in [-0.15, -0.1) is 11.6 Å². The Bertz CT molecular complexity index is 299. The van der Waals surface area contributed by atoms with Crippen molar-refractivity contribution in [1.82, 2.24) is 0 Å². The number of halogens is 1. The number of hydrogen-bond donors (Lipinski definition) is 0. The summed E-state index contributed by atoms with van der Waals surface area (Å²) in [5.41, 5.74) is 2.56. The molecule has 1 heterocycles. The van der Waals surface area contributed by atoms with E-state index >= 15 is 0 Å². The van der Waals surface area contributed by atoms with E-state index in [0.717, 1.165) is 0 Å². The lowest BCUT2D eigenvalue weighted by Gasteiger charge is -2.27. The fraction of sp³-hybridized carbons (Fsp3) is 0.571. The van der Waals surface area contributed by atoms with Gasteiger partial charge in [0.15, 0.2) is 0 Å². The van der Waals surface area contributed by atoms with Crippen molar-refractivity contribution < 1.29 is 0 Å². The lowest BCUT2D eigenvalue weighted by Crippen LogP contribution is -2.26. The molecule has 1 aliphatic heterocycles. The summed E-state index contributed by atoms with van der Waals surface area (Å²) in [6, 6.07) is 8.70. The molecule has 0 atom stereocenters. The summed E-state index contributed by atoms with van der Waals surface area (Å²) in [4.78, 5) is 2.51. The third-order valence-corrected chi connectivity index (χ3v) is 3.62. The van der Waals surface area contributed by atoms with Crippen LogP contribution in [-0.4, -0.2) is 13.1 Å². The van der Waals surface area contributed by atoms with Crippen molar-refractivity contribution in [3.63, 3.8) is 0 Å². The van der Waals surface area contributed by atoms with Gasteiger partial charge < -0.3 is 4.90 Å². The highest BCUT2D eigenvalue weighted by Gasteiger charge is 2.08. The smallest absolute Gasteiger partial charge is 0.0474 e. The molecular weight excluding hydrogens is 218 g/mol. The van der Waals surface area contributed by atoms with Crippen molar-refractivity contribution in [2.45, 2.75) is 38.0 Å². The van der Waals surface area contributed by atoms with Crippen molar-refractivity contribution in [3.05, 3.63) is 29.8 Å². The van der Waals surface area contributed by atoms with E-state index in [1.807, 2.05) is 0 Å². The lowest BCUT2D eigenvalue weighted by atomic mass is 10.1. The maximum absolute atomic E-state index is 5.80. The number of nitrogens with zero attached hydrogens (tertiary/aromatic N) is 1. The zero-order chi connectivity index (χ0) is 11.2. The van der Waals surface area contributed by atoms with E-state index in [2.05, 4.69) is 29.2 Å². The van der Waals surface area contributed by atoms with Crippen LogP contribution in [0.15, 0.2) is 24.3 Å². The topological polar surface area (TPSA) is 3.24 Å². The van der Waals surface area contributed by atoms with Gasteiger partial charge in [0.2, 0.25) is 0 Å². The van der Waals surface area contributed by atoms with Crippen LogP contribution in [0.25, 0.3) is 0 Å². The van der Waals surface area contributed by atoms with Crippen LogP contribution < -0.4 is 4.90 Å². The second-order valence-corrected chi connectivity index (χ2v) is 4.82. The first-order valence-corrected chi connectivity index (χ1v) is 6.83. The third-order valence-electron chi connectivity index (χ3n) is 3.31. The summed E-state index contributed by atoms with van der Waals surface area (Å²) < 4.78 is 0. The largest absolute Gasteiger partial charge is 0.372 e. The number of anilines is 1. The molecule has 0 aromatic heterocycles. The molecule has 2 heteroatoms. The highest BCUT2D eigenvalue weighted by Crippen LogP contribution is 2.20. The third kappa shape index (κ3) is 3.15. The second-order valence-electron chi connectivity index (χ2n) is 4.55. The number of benzene rings is 1. The summed E-state index contributed by atoms with van der Waals surface area (Å²) in [7, 11) is 0. The fourth-order valence-corrected chi connectivity index (χ4v) is 2.48. The Balaban J connectivity index is 2.02. The highest BCUT2D eigenvalue weighted by molar-refractivity contribution is 6.17. The number of rotatable bonds is 2. The van der Waals surface area contributed by atoms with Gasteiger partial charge in [0, 0.05) is 24.7 Å². The van der Waals surface area contributed by atoms with Crippen molar-refractivity contribution in [2.24, 2.45) is 0 Å². The minimum absolute atomic E-state index is 0.611. The van der Waals surface area contributed by atoms with Crippen LogP contribution in [0.5, 0.6) is 0 Å². The van der Waals surface area contributed by atoms with Gasteiger partial charge in [-0.25, -0.2) is 0 Å². The van der Waals surface area contributed by atoms with Crippen LogP contribution in [0.1, 0.15) is 37.7 Å². The van der Waals surface area contributed by atoms with E-state index in [1.54, 1.807) is 0 Å². The van der Waals surface area contributed by atoms with Crippen molar-refractivity contribution >= 4 is 17.3 Å². The molecule has 1 saturated heterocycles. The zero-order valence-electron chi connectivity index (χ0n) is 9.79. The van der Waals surface area contributed by atoms with Gasteiger partial charge in [-0.3, -0.25) is 0 Å². The normalized spacial score (nSPS) is 17.9. The fourth-order valence-electron chi connectivity index (χ4n) is 2.30. The molecule has 0 radical (unpaired) electrons. The minimum atomic E-state index is 0.611. The summed E-state index contributed by atoms with van der Waals surface area (Å²) >= 11 is 5.80. The minimum Gasteiger partial charge on any atom is -0.372 e. The van der Waals surface area contributed by atoms with Crippen LogP contribution in [0.2, 0.25) is 0 Å². The molecule has 0 aliphatic carbocycles. The quantitative estimate of drug-likeness (QED) is 0.697. The molecule has 0 spiro atoms. The summed E-state index contributed by atoms with van der Waals surface area (Å²) in [5.74, 6) is 0.611. The summed E-state index contributed by atoms with van der Waals surface area (Å²) in [6.07, 6.45) is 6.85. The average molecular weight is 238 g/mol. The molecule has 16 heavy (non-hydrogen) atoms. The average Bonchev–Trinajstić information content (AvgIpc) is 2.29. The second kappa shape index (κ2) is 6.15. The van der Waals surface area contributed by atoms with E-state index in [-0.39, 0.29) is 0 Å². The van der Waals surface area contributed by atoms with Gasteiger partial charge >= 0.3 is 0 Å². The van der Waals surface area contributed by atoms with Crippen molar-refractivity contribution in [1.29, 1.82) is 0 Å². The van der Waals surface area contributed by atoms with Crippen LogP contribution in [-0.2, 0) is 5.88 Å². The van der Waals surface area contributed by atoms with Crippen LogP contribution in [0.4, 0.5) is 5.69 Å². The Morgan fingerprint density at radius 1 is 0.875 bits per heavy atom. The van der Waals surface area contributed by atoms with Crippen molar-refractivity contribution in [3.8, 4) is 0 Å². The van der Waals surface area contributed by atoms with Gasteiger partial charge in [-0.05, 0) is 30.5 Å². The Morgan fingerprint density at radius 2 is 1.44 bits per heavy atom. The van der Waals surface area contributed by atoms with E-state index in [9.17, 15) is 0 Å². The van der Waals surface area contributed by atoms with Gasteiger partial charge in [0.1, 0.15) is 0 Å². The SMILES string of the molecule is ClCc1ccc(N2CCCCCCC2)cc1. The molecule has 1 aliphatic rings. The first-order valence-electron chi connectivity index (χ1n) is 6.30. The molecule has 1 fully saturated rings. The molecule has 0 amide bonds. The first-order chi connectivity index (χ1) is 7.90. The van der Waals surface area contributed by atoms with Crippen LogP contribution >= 0.6 is 11.6 Å². The van der Waals surface area contributed by atoms with Crippen LogP contribution in [0.3, 0.4) is 0 Å². The Labute approximate surface area is 103 Å².